The molecule has 0 aromatic carbocycles. The highest BCUT2D eigenvalue weighted by Crippen LogP contribution is 2.23. The molecule has 0 amide bonds. The topological polar surface area (TPSA) is 46.9 Å². The molecule has 2 heterocycles. The second-order valence-corrected chi connectivity index (χ2v) is 6.16. The summed E-state index contributed by atoms with van der Waals surface area (Å²) in [7, 11) is 0. The Hall–Kier alpha value is -0.870. The maximum absolute atomic E-state index is 12.2. The lowest BCUT2D eigenvalue weighted by atomic mass is 9.98. The maximum Gasteiger partial charge on any atom is 0.138 e. The number of carbonyl (C=O) groups excluding carboxylic acids is 1. The van der Waals surface area contributed by atoms with Gasteiger partial charge in [0.1, 0.15) is 5.78 Å². The van der Waals surface area contributed by atoms with E-state index in [2.05, 4.69) is 10.4 Å². The maximum atomic E-state index is 12.2. The number of halogens is 1. The molecular weight excluding hydrogens is 286 g/mol. The highest BCUT2D eigenvalue weighted by molar-refractivity contribution is 6.32. The van der Waals surface area contributed by atoms with E-state index in [0.29, 0.717) is 23.9 Å². The monoisotopic (exact) mass is 311 g/mol. The Kier molecular flexibility index (Phi) is 6.24. The number of piperidine rings is 1. The van der Waals surface area contributed by atoms with Crippen LogP contribution in [0.15, 0.2) is 0 Å². The number of ketones is 1. The fraction of sp³-hybridized carbons (Fsp3) is 0.750. The number of rotatable bonds is 7. The Morgan fingerprint density at radius 1 is 1.43 bits per heavy atom. The van der Waals surface area contributed by atoms with E-state index >= 15 is 0 Å². The van der Waals surface area contributed by atoms with Crippen molar-refractivity contribution in [2.24, 2.45) is 0 Å². The smallest absolute Gasteiger partial charge is 0.138 e. The predicted octanol–water partition coefficient (Wildman–Crippen LogP) is 3.15. The van der Waals surface area contributed by atoms with Gasteiger partial charge in [0.2, 0.25) is 0 Å². The number of aryl methyl sites for hydroxylation is 2. The summed E-state index contributed by atoms with van der Waals surface area (Å²) in [6.45, 7) is 5.91. The first-order valence-corrected chi connectivity index (χ1v) is 8.52. The Balaban J connectivity index is 1.91. The third kappa shape index (κ3) is 4.30. The lowest BCUT2D eigenvalue weighted by Crippen LogP contribution is -2.34. The average molecular weight is 312 g/mol. The number of carbonyl (C=O) groups is 1. The van der Waals surface area contributed by atoms with Gasteiger partial charge in [0.15, 0.2) is 0 Å². The van der Waals surface area contributed by atoms with Crippen LogP contribution >= 0.6 is 11.6 Å². The van der Waals surface area contributed by atoms with Crippen molar-refractivity contribution in [3.63, 3.8) is 0 Å². The van der Waals surface area contributed by atoms with Crippen molar-refractivity contribution in [1.82, 2.24) is 15.1 Å². The molecule has 1 saturated heterocycles. The van der Waals surface area contributed by atoms with Gasteiger partial charge in [-0.25, -0.2) is 0 Å². The lowest BCUT2D eigenvalue weighted by Gasteiger charge is -2.23. The number of nitrogens with zero attached hydrogens (tertiary/aromatic N) is 2. The molecule has 1 atom stereocenters. The molecule has 1 aliphatic rings. The Labute approximate surface area is 132 Å². The Bertz CT molecular complexity index is 478. The van der Waals surface area contributed by atoms with Gasteiger partial charge in [-0.3, -0.25) is 9.48 Å². The molecule has 1 aromatic rings. The van der Waals surface area contributed by atoms with E-state index in [1.165, 1.54) is 19.3 Å². The number of Topliss-reactive ketones (excluding diaryl/α,β-unsaturated/α-hetero) is 1. The highest BCUT2D eigenvalue weighted by Gasteiger charge is 2.19. The average Bonchev–Trinajstić information content (AvgIpc) is 2.82. The van der Waals surface area contributed by atoms with Gasteiger partial charge in [0, 0.05) is 25.4 Å². The molecule has 5 heteroatoms. The van der Waals surface area contributed by atoms with Crippen molar-refractivity contribution in [3.05, 3.63) is 16.4 Å². The molecule has 0 spiro atoms. The second-order valence-electron chi connectivity index (χ2n) is 5.78. The fourth-order valence-electron chi connectivity index (χ4n) is 2.97. The zero-order valence-corrected chi connectivity index (χ0v) is 13.9. The van der Waals surface area contributed by atoms with Crippen LogP contribution in [-0.4, -0.2) is 28.2 Å². The molecule has 0 bridgehead atoms. The summed E-state index contributed by atoms with van der Waals surface area (Å²) in [6.07, 6.45) is 6.52. The van der Waals surface area contributed by atoms with E-state index in [0.717, 1.165) is 37.3 Å². The Morgan fingerprint density at radius 3 is 2.86 bits per heavy atom. The molecule has 2 rings (SSSR count). The van der Waals surface area contributed by atoms with Crippen LogP contribution in [-0.2, 0) is 24.2 Å². The van der Waals surface area contributed by atoms with E-state index in [-0.39, 0.29) is 5.78 Å². The second kappa shape index (κ2) is 7.95. The van der Waals surface area contributed by atoms with Gasteiger partial charge >= 0.3 is 0 Å². The molecule has 1 aliphatic heterocycles. The third-order valence-corrected chi connectivity index (χ3v) is 4.68. The highest BCUT2D eigenvalue weighted by atomic mass is 35.5. The minimum Gasteiger partial charge on any atom is -0.314 e. The normalized spacial score (nSPS) is 18.9. The Morgan fingerprint density at radius 2 is 2.24 bits per heavy atom. The summed E-state index contributed by atoms with van der Waals surface area (Å²) >= 11 is 6.35. The molecule has 1 unspecified atom stereocenters. The summed E-state index contributed by atoms with van der Waals surface area (Å²) in [6, 6.07) is 0.514. The van der Waals surface area contributed by atoms with Crippen molar-refractivity contribution in [2.45, 2.75) is 71.4 Å². The first kappa shape index (κ1) is 16.5. The third-order valence-electron chi connectivity index (χ3n) is 4.24. The van der Waals surface area contributed by atoms with Gasteiger partial charge in [-0.15, -0.1) is 0 Å². The molecule has 1 N–H and O–H groups in total. The molecule has 0 aliphatic carbocycles. The number of nitrogens with one attached hydrogen (secondary N) is 1. The zero-order valence-electron chi connectivity index (χ0n) is 13.1. The van der Waals surface area contributed by atoms with Crippen molar-refractivity contribution in [2.75, 3.05) is 6.54 Å². The van der Waals surface area contributed by atoms with Gasteiger partial charge in [-0.2, -0.15) is 5.10 Å². The minimum absolute atomic E-state index is 0.265. The van der Waals surface area contributed by atoms with Gasteiger partial charge in [-0.1, -0.05) is 24.9 Å². The molecule has 118 valence electrons. The molecule has 4 nitrogen and oxygen atoms in total. The number of hydrogen-bond acceptors (Lipinski definition) is 3. The van der Waals surface area contributed by atoms with E-state index < -0.39 is 0 Å². The lowest BCUT2D eigenvalue weighted by molar-refractivity contribution is -0.118. The standard InChI is InChI=1S/C16H26ClN3O/c1-3-14-16(17)15(20(4-2)19-14)11-13(21)9-8-12-7-5-6-10-18-12/h12,18H,3-11H2,1-2H3. The fourth-order valence-corrected chi connectivity index (χ4v) is 3.30. The molecule has 1 aromatic heterocycles. The largest absolute Gasteiger partial charge is 0.314 e. The van der Waals surface area contributed by atoms with Crippen LogP contribution in [0, 0.1) is 0 Å². The number of aromatic nitrogens is 2. The first-order chi connectivity index (χ1) is 10.2. The predicted molar refractivity (Wildman–Crippen MR) is 85.9 cm³/mol. The molecule has 21 heavy (non-hydrogen) atoms. The van der Waals surface area contributed by atoms with E-state index in [9.17, 15) is 4.79 Å². The summed E-state index contributed by atoms with van der Waals surface area (Å²) in [5.74, 6) is 0.265. The molecule has 1 fully saturated rings. The first-order valence-electron chi connectivity index (χ1n) is 8.14. The van der Waals surface area contributed by atoms with Gasteiger partial charge < -0.3 is 5.32 Å². The van der Waals surface area contributed by atoms with Crippen LogP contribution in [0.3, 0.4) is 0 Å². The molecular formula is C16H26ClN3O. The van der Waals surface area contributed by atoms with Gasteiger partial charge in [0.25, 0.3) is 0 Å². The van der Waals surface area contributed by atoms with Crippen LogP contribution in [0.4, 0.5) is 0 Å². The van der Waals surface area contributed by atoms with Crippen LogP contribution in [0.5, 0.6) is 0 Å². The van der Waals surface area contributed by atoms with Gasteiger partial charge in [-0.05, 0) is 39.2 Å². The van der Waals surface area contributed by atoms with Crippen molar-refractivity contribution >= 4 is 17.4 Å². The van der Waals surface area contributed by atoms with Crippen molar-refractivity contribution < 1.29 is 4.79 Å². The molecule has 0 radical (unpaired) electrons. The van der Waals surface area contributed by atoms with Crippen LogP contribution in [0.25, 0.3) is 0 Å². The van der Waals surface area contributed by atoms with Crippen molar-refractivity contribution in [3.8, 4) is 0 Å². The molecule has 0 saturated carbocycles. The van der Waals surface area contributed by atoms with E-state index in [4.69, 9.17) is 11.6 Å². The van der Waals surface area contributed by atoms with E-state index in [1.807, 2.05) is 18.5 Å². The summed E-state index contributed by atoms with van der Waals surface area (Å²) in [5.41, 5.74) is 1.79. The summed E-state index contributed by atoms with van der Waals surface area (Å²) in [5, 5.41) is 8.64. The zero-order chi connectivity index (χ0) is 15.2. The van der Waals surface area contributed by atoms with E-state index in [1.54, 1.807) is 0 Å². The quantitative estimate of drug-likeness (QED) is 0.841. The minimum atomic E-state index is 0.265. The van der Waals surface area contributed by atoms with Crippen LogP contribution in [0.2, 0.25) is 5.02 Å². The van der Waals surface area contributed by atoms with Gasteiger partial charge in [0.05, 0.1) is 16.4 Å². The number of hydrogen-bond donors (Lipinski definition) is 1. The van der Waals surface area contributed by atoms with Crippen LogP contribution in [0.1, 0.15) is 57.3 Å². The summed E-state index contributed by atoms with van der Waals surface area (Å²) < 4.78 is 1.87. The summed E-state index contributed by atoms with van der Waals surface area (Å²) in [4.78, 5) is 12.2. The SMILES string of the molecule is CCc1nn(CC)c(CC(=O)CCC2CCCCN2)c1Cl. The van der Waals surface area contributed by atoms with Crippen molar-refractivity contribution in [1.29, 1.82) is 0 Å². The van der Waals surface area contributed by atoms with Crippen LogP contribution < -0.4 is 5.32 Å².